The summed E-state index contributed by atoms with van der Waals surface area (Å²) in [6.07, 6.45) is 1.69. The molecule has 1 aromatic heterocycles. The van der Waals surface area contributed by atoms with E-state index < -0.39 is 5.54 Å². The van der Waals surface area contributed by atoms with E-state index in [0.717, 1.165) is 5.56 Å². The summed E-state index contributed by atoms with van der Waals surface area (Å²) in [7, 11) is 1.60. The van der Waals surface area contributed by atoms with E-state index in [1.54, 1.807) is 13.3 Å². The van der Waals surface area contributed by atoms with Crippen LogP contribution in [0.5, 0.6) is 5.75 Å². The van der Waals surface area contributed by atoms with Crippen molar-refractivity contribution in [3.63, 3.8) is 0 Å². The molecule has 0 aliphatic carbocycles. The molecule has 0 amide bonds. The van der Waals surface area contributed by atoms with Gasteiger partial charge in [0.05, 0.1) is 12.6 Å². The monoisotopic (exact) mass is 262 g/mol. The second kappa shape index (κ2) is 4.96. The molecule has 0 spiro atoms. The fourth-order valence-corrected chi connectivity index (χ4v) is 2.29. The molecule has 2 rings (SSSR count). The van der Waals surface area contributed by atoms with E-state index in [0.29, 0.717) is 16.5 Å². The van der Waals surface area contributed by atoms with Crippen LogP contribution in [-0.4, -0.2) is 12.1 Å². The Balaban J connectivity index is 2.58. The summed E-state index contributed by atoms with van der Waals surface area (Å²) in [5.41, 5.74) is 7.10. The van der Waals surface area contributed by atoms with Crippen LogP contribution in [0.2, 0.25) is 5.02 Å². The molecule has 18 heavy (non-hydrogen) atoms. The molecule has 4 heteroatoms. The number of rotatable bonds is 3. The first-order valence-electron chi connectivity index (χ1n) is 5.60. The zero-order valence-electron chi connectivity index (χ0n) is 10.4. The maximum Gasteiger partial charge on any atom is 0.142 e. The number of nitrogens with zero attached hydrogens (tertiary/aromatic N) is 1. The van der Waals surface area contributed by atoms with E-state index in [2.05, 4.69) is 4.98 Å². The second-order valence-electron chi connectivity index (χ2n) is 4.24. The number of methoxy groups -OCH3 is 1. The molecule has 0 aliphatic rings. The quantitative estimate of drug-likeness (QED) is 0.925. The zero-order valence-corrected chi connectivity index (χ0v) is 11.1. The number of nitrogens with two attached hydrogens (primary N) is 1. The third kappa shape index (κ3) is 2.19. The Labute approximate surface area is 112 Å². The number of benzene rings is 1. The molecule has 3 nitrogen and oxygen atoms in total. The van der Waals surface area contributed by atoms with Crippen LogP contribution in [0.25, 0.3) is 0 Å². The van der Waals surface area contributed by atoms with Gasteiger partial charge in [-0.25, -0.2) is 0 Å². The number of halogens is 1. The molecule has 0 aliphatic heterocycles. The maximum atomic E-state index is 6.41. The van der Waals surface area contributed by atoms with Gasteiger partial charge in [0.15, 0.2) is 0 Å². The van der Waals surface area contributed by atoms with Crippen LogP contribution in [0.1, 0.15) is 18.2 Å². The summed E-state index contributed by atoms with van der Waals surface area (Å²) >= 11 is 6.21. The number of hydrogen-bond acceptors (Lipinski definition) is 3. The molecular formula is C14H15ClN2O. The normalized spacial score (nSPS) is 14.0. The zero-order chi connectivity index (χ0) is 13.2. The van der Waals surface area contributed by atoms with Crippen molar-refractivity contribution in [3.8, 4) is 5.75 Å². The Bertz CT molecular complexity index is 555. The van der Waals surface area contributed by atoms with E-state index in [1.807, 2.05) is 43.3 Å². The van der Waals surface area contributed by atoms with Crippen LogP contribution in [0.3, 0.4) is 0 Å². The minimum atomic E-state index is -0.801. The van der Waals surface area contributed by atoms with Gasteiger partial charge in [0.1, 0.15) is 11.4 Å². The van der Waals surface area contributed by atoms with Crippen LogP contribution in [0, 0.1) is 0 Å². The summed E-state index contributed by atoms with van der Waals surface area (Å²) in [5, 5.41) is 0.621. The van der Waals surface area contributed by atoms with Gasteiger partial charge in [-0.05, 0) is 30.7 Å². The number of aromatic nitrogens is 1. The first-order chi connectivity index (χ1) is 8.57. The van der Waals surface area contributed by atoms with Gasteiger partial charge in [-0.15, -0.1) is 0 Å². The van der Waals surface area contributed by atoms with E-state index in [-0.39, 0.29) is 0 Å². The third-order valence-corrected chi connectivity index (χ3v) is 3.25. The summed E-state index contributed by atoms with van der Waals surface area (Å²) in [6, 6.07) is 11.1. The van der Waals surface area contributed by atoms with Crippen LogP contribution in [-0.2, 0) is 5.54 Å². The fourth-order valence-electron chi connectivity index (χ4n) is 1.96. The lowest BCUT2D eigenvalue weighted by atomic mass is 9.88. The largest absolute Gasteiger partial charge is 0.495 e. The van der Waals surface area contributed by atoms with Crippen LogP contribution in [0.15, 0.2) is 42.6 Å². The van der Waals surface area contributed by atoms with E-state index in [9.17, 15) is 0 Å². The van der Waals surface area contributed by atoms with Gasteiger partial charge in [-0.3, -0.25) is 4.98 Å². The van der Waals surface area contributed by atoms with Gasteiger partial charge < -0.3 is 10.5 Å². The molecule has 0 bridgehead atoms. The molecule has 1 atom stereocenters. The van der Waals surface area contributed by atoms with Crippen molar-refractivity contribution < 1.29 is 4.74 Å². The Morgan fingerprint density at radius 2 is 1.94 bits per heavy atom. The van der Waals surface area contributed by atoms with Crippen molar-refractivity contribution >= 4 is 11.6 Å². The average molecular weight is 263 g/mol. The van der Waals surface area contributed by atoms with Crippen LogP contribution < -0.4 is 10.5 Å². The summed E-state index contributed by atoms with van der Waals surface area (Å²) < 4.78 is 5.31. The standard InChI is InChI=1S/C14H15ClN2O/c1-14(16,10-6-3-4-7-11(10)15)13-12(18-2)8-5-9-17-13/h3-9H,16H2,1-2H3. The second-order valence-corrected chi connectivity index (χ2v) is 4.64. The molecule has 2 N–H and O–H groups in total. The first kappa shape index (κ1) is 12.9. The maximum absolute atomic E-state index is 6.41. The van der Waals surface area contributed by atoms with Crippen molar-refractivity contribution in [1.29, 1.82) is 0 Å². The third-order valence-electron chi connectivity index (χ3n) is 2.92. The molecule has 2 aromatic rings. The summed E-state index contributed by atoms with van der Waals surface area (Å²) in [4.78, 5) is 4.33. The van der Waals surface area contributed by atoms with Gasteiger partial charge in [0, 0.05) is 11.2 Å². The Morgan fingerprint density at radius 1 is 1.22 bits per heavy atom. The molecule has 94 valence electrons. The van der Waals surface area contributed by atoms with Crippen molar-refractivity contribution in [2.75, 3.05) is 7.11 Å². The van der Waals surface area contributed by atoms with E-state index >= 15 is 0 Å². The van der Waals surface area contributed by atoms with E-state index in [1.165, 1.54) is 0 Å². The Morgan fingerprint density at radius 3 is 2.61 bits per heavy atom. The smallest absolute Gasteiger partial charge is 0.142 e. The molecule has 0 radical (unpaired) electrons. The molecule has 0 fully saturated rings. The lowest BCUT2D eigenvalue weighted by Gasteiger charge is -2.27. The van der Waals surface area contributed by atoms with Crippen molar-refractivity contribution in [2.24, 2.45) is 5.73 Å². The first-order valence-corrected chi connectivity index (χ1v) is 5.98. The van der Waals surface area contributed by atoms with Gasteiger partial charge in [0.2, 0.25) is 0 Å². The Hall–Kier alpha value is -1.58. The molecule has 1 unspecified atom stereocenters. The van der Waals surface area contributed by atoms with E-state index in [4.69, 9.17) is 22.1 Å². The minimum Gasteiger partial charge on any atom is -0.495 e. The number of ether oxygens (including phenoxy) is 1. The van der Waals surface area contributed by atoms with Crippen molar-refractivity contribution in [3.05, 3.63) is 58.9 Å². The van der Waals surface area contributed by atoms with Gasteiger partial charge in [-0.2, -0.15) is 0 Å². The molecular weight excluding hydrogens is 248 g/mol. The fraction of sp³-hybridized carbons (Fsp3) is 0.214. The molecule has 1 heterocycles. The minimum absolute atomic E-state index is 0.621. The number of hydrogen-bond donors (Lipinski definition) is 1. The number of pyridine rings is 1. The van der Waals surface area contributed by atoms with Gasteiger partial charge >= 0.3 is 0 Å². The summed E-state index contributed by atoms with van der Waals surface area (Å²) in [5.74, 6) is 0.655. The molecule has 0 saturated carbocycles. The van der Waals surface area contributed by atoms with Crippen molar-refractivity contribution in [1.82, 2.24) is 4.98 Å². The highest BCUT2D eigenvalue weighted by Crippen LogP contribution is 2.34. The van der Waals surface area contributed by atoms with Gasteiger partial charge in [0.25, 0.3) is 0 Å². The highest BCUT2D eigenvalue weighted by molar-refractivity contribution is 6.31. The average Bonchev–Trinajstić information content (AvgIpc) is 2.39. The van der Waals surface area contributed by atoms with Gasteiger partial charge in [-0.1, -0.05) is 29.8 Å². The summed E-state index contributed by atoms with van der Waals surface area (Å²) in [6.45, 7) is 1.87. The lowest BCUT2D eigenvalue weighted by Crippen LogP contribution is -2.36. The highest BCUT2D eigenvalue weighted by Gasteiger charge is 2.30. The van der Waals surface area contributed by atoms with Crippen molar-refractivity contribution in [2.45, 2.75) is 12.5 Å². The Kier molecular flexibility index (Phi) is 3.55. The van der Waals surface area contributed by atoms with Crippen LogP contribution >= 0.6 is 11.6 Å². The topological polar surface area (TPSA) is 48.1 Å². The predicted molar refractivity (Wildman–Crippen MR) is 72.9 cm³/mol. The predicted octanol–water partition coefficient (Wildman–Crippen LogP) is 2.97. The molecule has 1 aromatic carbocycles. The lowest BCUT2D eigenvalue weighted by molar-refractivity contribution is 0.393. The highest BCUT2D eigenvalue weighted by atomic mass is 35.5. The van der Waals surface area contributed by atoms with Crippen LogP contribution in [0.4, 0.5) is 0 Å². The molecule has 0 saturated heterocycles. The SMILES string of the molecule is COc1cccnc1C(C)(N)c1ccccc1Cl.